The average molecular weight is 258 g/mol. The lowest BCUT2D eigenvalue weighted by atomic mass is 9.89. The second-order valence-corrected chi connectivity index (χ2v) is 6.57. The number of ether oxygens (including phenoxy) is 1. The van der Waals surface area contributed by atoms with E-state index < -0.39 is 5.54 Å². The van der Waals surface area contributed by atoms with Crippen molar-refractivity contribution < 1.29 is 9.53 Å². The fraction of sp³-hybridized carbons (Fsp3) is 0.917. The Morgan fingerprint density at radius 1 is 1.41 bits per heavy atom. The van der Waals surface area contributed by atoms with Gasteiger partial charge in [0.25, 0.3) is 0 Å². The van der Waals surface area contributed by atoms with Crippen molar-refractivity contribution >= 4 is 17.7 Å². The van der Waals surface area contributed by atoms with Crippen LogP contribution in [0.1, 0.15) is 26.7 Å². The molecule has 0 aliphatic carbocycles. The highest BCUT2D eigenvalue weighted by Gasteiger charge is 2.42. The summed E-state index contributed by atoms with van der Waals surface area (Å²) in [5, 5.41) is 0.496. The highest BCUT2D eigenvalue weighted by Crippen LogP contribution is 2.28. The Bertz CT molecular complexity index is 292. The minimum Gasteiger partial charge on any atom is -0.381 e. The summed E-state index contributed by atoms with van der Waals surface area (Å²) in [7, 11) is 0. The van der Waals surface area contributed by atoms with Gasteiger partial charge in [-0.1, -0.05) is 6.92 Å². The number of nitrogens with two attached hydrogens (primary N) is 1. The van der Waals surface area contributed by atoms with Crippen LogP contribution in [0.3, 0.4) is 0 Å². The van der Waals surface area contributed by atoms with Crippen LogP contribution in [-0.2, 0) is 9.53 Å². The molecule has 1 amide bonds. The molecule has 0 aromatic carbocycles. The third-order valence-electron chi connectivity index (χ3n) is 3.96. The van der Waals surface area contributed by atoms with Crippen molar-refractivity contribution in [3.63, 3.8) is 0 Å². The van der Waals surface area contributed by atoms with E-state index in [-0.39, 0.29) is 11.9 Å². The van der Waals surface area contributed by atoms with Gasteiger partial charge in [-0.3, -0.25) is 4.79 Å². The molecule has 98 valence electrons. The summed E-state index contributed by atoms with van der Waals surface area (Å²) in [6.07, 6.45) is 1.30. The van der Waals surface area contributed by atoms with Gasteiger partial charge in [-0.15, -0.1) is 0 Å². The molecule has 2 atom stereocenters. The molecule has 0 radical (unpaired) electrons. The minimum atomic E-state index is -0.686. The van der Waals surface area contributed by atoms with Gasteiger partial charge in [0.2, 0.25) is 5.91 Å². The van der Waals surface area contributed by atoms with E-state index in [1.807, 2.05) is 16.7 Å². The number of hydrogen-bond donors (Lipinski definition) is 1. The fourth-order valence-electron chi connectivity index (χ4n) is 2.46. The first-order valence-corrected chi connectivity index (χ1v) is 7.39. The molecule has 2 rings (SSSR count). The molecule has 2 aliphatic rings. The van der Waals surface area contributed by atoms with Gasteiger partial charge in [0.15, 0.2) is 0 Å². The normalized spacial score (nSPS) is 33.5. The zero-order valence-electron chi connectivity index (χ0n) is 10.6. The van der Waals surface area contributed by atoms with Crippen molar-refractivity contribution in [2.75, 3.05) is 25.5 Å². The first-order valence-electron chi connectivity index (χ1n) is 6.34. The topological polar surface area (TPSA) is 55.6 Å². The van der Waals surface area contributed by atoms with Crippen LogP contribution in [0.4, 0.5) is 0 Å². The second kappa shape index (κ2) is 5.16. The number of amides is 1. The van der Waals surface area contributed by atoms with Crippen LogP contribution in [0.2, 0.25) is 0 Å². The summed E-state index contributed by atoms with van der Waals surface area (Å²) in [4.78, 5) is 14.5. The quantitative estimate of drug-likeness (QED) is 0.757. The maximum absolute atomic E-state index is 12.6. The molecule has 2 saturated heterocycles. The highest BCUT2D eigenvalue weighted by atomic mass is 32.2. The van der Waals surface area contributed by atoms with Crippen LogP contribution < -0.4 is 5.73 Å². The first kappa shape index (κ1) is 13.2. The van der Waals surface area contributed by atoms with Crippen LogP contribution in [0.5, 0.6) is 0 Å². The third kappa shape index (κ3) is 2.61. The molecule has 0 bridgehead atoms. The smallest absolute Gasteiger partial charge is 0.243 e. The number of nitrogens with zero attached hydrogens (tertiary/aromatic N) is 1. The highest BCUT2D eigenvalue weighted by molar-refractivity contribution is 8.00. The maximum Gasteiger partial charge on any atom is 0.243 e. The Labute approximate surface area is 107 Å². The SMILES string of the molecule is CC1SCCN(C(=O)C2(N)CCOCC2)C1C. The Balaban J connectivity index is 2.07. The molecule has 2 unspecified atom stereocenters. The Hall–Kier alpha value is -0.260. The molecule has 5 heteroatoms. The number of carbonyl (C=O) groups is 1. The Morgan fingerprint density at radius 3 is 2.71 bits per heavy atom. The van der Waals surface area contributed by atoms with E-state index in [9.17, 15) is 4.79 Å². The van der Waals surface area contributed by atoms with Crippen LogP contribution in [0.15, 0.2) is 0 Å². The van der Waals surface area contributed by atoms with Gasteiger partial charge in [-0.2, -0.15) is 11.8 Å². The van der Waals surface area contributed by atoms with Crippen molar-refractivity contribution in [2.24, 2.45) is 5.73 Å². The zero-order chi connectivity index (χ0) is 12.5. The Kier molecular flexibility index (Phi) is 4.00. The lowest BCUT2D eigenvalue weighted by molar-refractivity contribution is -0.142. The van der Waals surface area contributed by atoms with E-state index >= 15 is 0 Å². The second-order valence-electron chi connectivity index (χ2n) is 5.08. The minimum absolute atomic E-state index is 0.125. The number of rotatable bonds is 1. The molecule has 2 aliphatic heterocycles. The number of hydrogen-bond acceptors (Lipinski definition) is 4. The molecular weight excluding hydrogens is 236 g/mol. The molecule has 2 fully saturated rings. The fourth-order valence-corrected chi connectivity index (χ4v) is 3.55. The predicted molar refractivity (Wildman–Crippen MR) is 70.1 cm³/mol. The van der Waals surface area contributed by atoms with Gasteiger partial charge in [0.1, 0.15) is 0 Å². The molecule has 2 N–H and O–H groups in total. The predicted octanol–water partition coefficient (Wildman–Crippen LogP) is 0.847. The van der Waals surface area contributed by atoms with Crippen LogP contribution in [-0.4, -0.2) is 53.1 Å². The van der Waals surface area contributed by atoms with E-state index in [1.54, 1.807) is 0 Å². The summed E-state index contributed by atoms with van der Waals surface area (Å²) in [6, 6.07) is 0.282. The monoisotopic (exact) mass is 258 g/mol. The summed E-state index contributed by atoms with van der Waals surface area (Å²) in [5.41, 5.74) is 5.58. The van der Waals surface area contributed by atoms with Crippen molar-refractivity contribution in [3.05, 3.63) is 0 Å². The molecule has 0 aromatic rings. The van der Waals surface area contributed by atoms with Crippen molar-refractivity contribution in [3.8, 4) is 0 Å². The molecule has 2 heterocycles. The largest absolute Gasteiger partial charge is 0.381 e. The van der Waals surface area contributed by atoms with Crippen LogP contribution in [0, 0.1) is 0 Å². The van der Waals surface area contributed by atoms with Gasteiger partial charge >= 0.3 is 0 Å². The van der Waals surface area contributed by atoms with Crippen molar-refractivity contribution in [1.82, 2.24) is 4.90 Å². The van der Waals surface area contributed by atoms with E-state index in [2.05, 4.69) is 13.8 Å². The first-order chi connectivity index (χ1) is 8.04. The summed E-state index contributed by atoms with van der Waals surface area (Å²) >= 11 is 1.93. The average Bonchev–Trinajstić information content (AvgIpc) is 2.33. The Morgan fingerprint density at radius 2 is 2.06 bits per heavy atom. The van der Waals surface area contributed by atoms with E-state index in [0.29, 0.717) is 31.3 Å². The maximum atomic E-state index is 12.6. The number of thioether (sulfide) groups is 1. The van der Waals surface area contributed by atoms with Gasteiger partial charge < -0.3 is 15.4 Å². The van der Waals surface area contributed by atoms with Gasteiger partial charge in [0, 0.05) is 36.8 Å². The zero-order valence-corrected chi connectivity index (χ0v) is 11.5. The van der Waals surface area contributed by atoms with E-state index in [1.165, 1.54) is 0 Å². The summed E-state index contributed by atoms with van der Waals surface area (Å²) in [6.45, 7) is 6.34. The van der Waals surface area contributed by atoms with Crippen molar-refractivity contribution in [2.45, 2.75) is 43.5 Å². The summed E-state index contributed by atoms with van der Waals surface area (Å²) in [5.74, 6) is 1.14. The lowest BCUT2D eigenvalue weighted by Crippen LogP contribution is -2.62. The van der Waals surface area contributed by atoms with E-state index in [0.717, 1.165) is 12.3 Å². The van der Waals surface area contributed by atoms with Gasteiger partial charge in [-0.05, 0) is 19.8 Å². The lowest BCUT2D eigenvalue weighted by Gasteiger charge is -2.43. The standard InChI is InChI=1S/C12H22N2O2S/c1-9-10(2)17-8-5-14(9)11(15)12(13)3-6-16-7-4-12/h9-10H,3-8,13H2,1-2H3. The molecule has 0 saturated carbocycles. The number of carbonyl (C=O) groups excluding carboxylic acids is 1. The molecule has 0 spiro atoms. The molecule has 0 aromatic heterocycles. The summed E-state index contributed by atoms with van der Waals surface area (Å²) < 4.78 is 5.30. The molecule has 4 nitrogen and oxygen atoms in total. The van der Waals surface area contributed by atoms with Gasteiger partial charge in [0.05, 0.1) is 5.54 Å². The van der Waals surface area contributed by atoms with Crippen LogP contribution in [0.25, 0.3) is 0 Å². The van der Waals surface area contributed by atoms with Gasteiger partial charge in [-0.25, -0.2) is 0 Å². The van der Waals surface area contributed by atoms with E-state index in [4.69, 9.17) is 10.5 Å². The van der Waals surface area contributed by atoms with Crippen LogP contribution >= 0.6 is 11.8 Å². The molecule has 17 heavy (non-hydrogen) atoms. The third-order valence-corrected chi connectivity index (χ3v) is 5.29. The molecular formula is C12H22N2O2S. The van der Waals surface area contributed by atoms with Crippen molar-refractivity contribution in [1.29, 1.82) is 0 Å².